The maximum absolute atomic E-state index is 13.0. The van der Waals surface area contributed by atoms with Crippen LogP contribution in [0.3, 0.4) is 0 Å². The third kappa shape index (κ3) is 7.81. The number of hydrogen-bond donors (Lipinski definition) is 5. The molecule has 0 aliphatic carbocycles. The van der Waals surface area contributed by atoms with Crippen LogP contribution in [0.1, 0.15) is 39.9 Å². The molecule has 1 aromatic carbocycles. The highest BCUT2D eigenvalue weighted by Gasteiger charge is 2.25. The van der Waals surface area contributed by atoms with Gasteiger partial charge in [-0.05, 0) is 49.9 Å². The van der Waals surface area contributed by atoms with E-state index in [-0.39, 0.29) is 5.91 Å². The summed E-state index contributed by atoms with van der Waals surface area (Å²) < 4.78 is 0. The molecule has 7 N–H and O–H groups in total. The lowest BCUT2D eigenvalue weighted by Crippen LogP contribution is -2.48. The molecule has 176 valence electrons. The summed E-state index contributed by atoms with van der Waals surface area (Å²) in [5.41, 5.74) is 13.1. The van der Waals surface area contributed by atoms with Crippen LogP contribution in [0.2, 0.25) is 0 Å². The van der Waals surface area contributed by atoms with Crippen molar-refractivity contribution in [1.82, 2.24) is 20.6 Å². The van der Waals surface area contributed by atoms with Crippen LogP contribution in [-0.4, -0.2) is 40.9 Å². The summed E-state index contributed by atoms with van der Waals surface area (Å²) in [6.45, 7) is 1.21. The van der Waals surface area contributed by atoms with Crippen molar-refractivity contribution in [2.24, 2.45) is 11.5 Å². The third-order valence-electron chi connectivity index (χ3n) is 5.28. The van der Waals surface area contributed by atoms with E-state index in [1.54, 1.807) is 17.5 Å². The Morgan fingerprint density at radius 3 is 2.48 bits per heavy atom. The zero-order valence-corrected chi connectivity index (χ0v) is 19.4. The Morgan fingerprint density at radius 2 is 1.79 bits per heavy atom. The Hall–Kier alpha value is -3.01. The van der Waals surface area contributed by atoms with Crippen LogP contribution in [0, 0.1) is 0 Å². The lowest BCUT2D eigenvalue weighted by atomic mass is 10.0. The predicted molar refractivity (Wildman–Crippen MR) is 131 cm³/mol. The van der Waals surface area contributed by atoms with Crippen molar-refractivity contribution in [1.29, 1.82) is 0 Å². The Kier molecular flexibility index (Phi) is 9.61. The molecule has 0 radical (unpaired) electrons. The molecule has 33 heavy (non-hydrogen) atoms. The quantitative estimate of drug-likeness (QED) is 0.244. The fourth-order valence-corrected chi connectivity index (χ4v) is 4.53. The molecule has 2 amide bonds. The first-order valence-corrected chi connectivity index (χ1v) is 12.0. The summed E-state index contributed by atoms with van der Waals surface area (Å²) in [4.78, 5) is 35.1. The second-order valence-corrected chi connectivity index (χ2v) is 9.15. The number of aromatic amines is 1. The largest absolute Gasteiger partial charge is 0.354 e. The Balaban J connectivity index is 1.55. The molecule has 0 aliphatic heterocycles. The number of hydrogen-bond acceptors (Lipinski definition) is 6. The van der Waals surface area contributed by atoms with Gasteiger partial charge in [-0.2, -0.15) is 0 Å². The molecule has 9 heteroatoms. The van der Waals surface area contributed by atoms with Crippen molar-refractivity contribution >= 4 is 23.2 Å². The maximum atomic E-state index is 13.0. The second kappa shape index (κ2) is 12.9. The van der Waals surface area contributed by atoms with E-state index in [0.29, 0.717) is 18.5 Å². The smallest absolute Gasteiger partial charge is 0.247 e. The topological polar surface area (TPSA) is 139 Å². The highest BCUT2D eigenvalue weighted by atomic mass is 32.1. The predicted octanol–water partition coefficient (Wildman–Crippen LogP) is 1.84. The summed E-state index contributed by atoms with van der Waals surface area (Å²) in [6.07, 6.45) is 7.37. The lowest BCUT2D eigenvalue weighted by Gasteiger charge is -2.21. The van der Waals surface area contributed by atoms with Gasteiger partial charge >= 0.3 is 0 Å². The van der Waals surface area contributed by atoms with Gasteiger partial charge in [0.1, 0.15) is 6.04 Å². The number of carbonyl (C=O) groups excluding carboxylic acids is 2. The van der Waals surface area contributed by atoms with Gasteiger partial charge in [-0.15, -0.1) is 11.3 Å². The van der Waals surface area contributed by atoms with Gasteiger partial charge in [0, 0.05) is 34.6 Å². The number of nitrogens with two attached hydrogens (primary N) is 2. The molecule has 0 bridgehead atoms. The highest BCUT2D eigenvalue weighted by molar-refractivity contribution is 7.11. The van der Waals surface area contributed by atoms with E-state index >= 15 is 0 Å². The van der Waals surface area contributed by atoms with E-state index in [1.807, 2.05) is 30.3 Å². The Labute approximate surface area is 198 Å². The van der Waals surface area contributed by atoms with Crippen LogP contribution < -0.4 is 22.1 Å². The monoisotopic (exact) mass is 468 g/mol. The first-order chi connectivity index (χ1) is 16.1. The van der Waals surface area contributed by atoms with Gasteiger partial charge < -0.3 is 27.1 Å². The molecular weight excluding hydrogens is 436 g/mol. The third-order valence-corrected chi connectivity index (χ3v) is 6.48. The number of H-pyrrole nitrogens is 1. The van der Waals surface area contributed by atoms with Crippen molar-refractivity contribution in [3.05, 3.63) is 76.0 Å². The number of benzene rings is 1. The number of amides is 2. The zero-order chi connectivity index (χ0) is 23.5. The van der Waals surface area contributed by atoms with Crippen molar-refractivity contribution in [2.75, 3.05) is 13.1 Å². The molecule has 0 fully saturated rings. The molecule has 0 aliphatic rings. The number of nitrogens with zero attached hydrogens (tertiary/aromatic N) is 1. The van der Waals surface area contributed by atoms with Gasteiger partial charge in [-0.25, -0.2) is 4.98 Å². The van der Waals surface area contributed by atoms with Crippen LogP contribution in [-0.2, 0) is 28.9 Å². The van der Waals surface area contributed by atoms with E-state index in [4.69, 9.17) is 11.5 Å². The standard InChI is InChI=1S/C24H32N6O2S/c25-12-5-4-8-19-9-10-20(33-19)11-13-28-24(32)22(17-6-2-1-3-7-17)30-23(31)21(26)14-18-15-27-16-29-18/h1-3,6-7,9-10,15-16,21-22H,4-5,8,11-14,25-26H2,(H,27,29)(H,28,32)(H,30,31)/t21-,22+/m0/s1. The van der Waals surface area contributed by atoms with Crippen molar-refractivity contribution in [2.45, 2.75) is 44.2 Å². The second-order valence-electron chi connectivity index (χ2n) is 7.89. The van der Waals surface area contributed by atoms with Crippen molar-refractivity contribution < 1.29 is 9.59 Å². The SMILES string of the molecule is NCCCCc1ccc(CCNC(=O)[C@H](NC(=O)[C@@H](N)Cc2cnc[nH]2)c2ccccc2)s1. The number of nitrogens with one attached hydrogen (secondary N) is 3. The molecule has 8 nitrogen and oxygen atoms in total. The van der Waals surface area contributed by atoms with Crippen molar-refractivity contribution in [3.63, 3.8) is 0 Å². The van der Waals surface area contributed by atoms with Gasteiger partial charge in [0.15, 0.2) is 0 Å². The van der Waals surface area contributed by atoms with Gasteiger partial charge in [0.25, 0.3) is 0 Å². The van der Waals surface area contributed by atoms with E-state index in [1.165, 1.54) is 16.1 Å². The van der Waals surface area contributed by atoms with E-state index in [2.05, 4.69) is 32.7 Å². The molecule has 0 saturated carbocycles. The molecule has 0 spiro atoms. The average molecular weight is 469 g/mol. The molecule has 0 unspecified atom stereocenters. The van der Waals surface area contributed by atoms with Crippen LogP contribution in [0.25, 0.3) is 0 Å². The summed E-state index contributed by atoms with van der Waals surface area (Å²) in [5.74, 6) is -0.656. The summed E-state index contributed by atoms with van der Waals surface area (Å²) in [5, 5.41) is 5.77. The molecule has 3 rings (SSSR count). The minimum Gasteiger partial charge on any atom is -0.354 e. The minimum atomic E-state index is -0.818. The number of imidazole rings is 1. The number of carbonyl (C=O) groups is 2. The summed E-state index contributed by atoms with van der Waals surface area (Å²) in [7, 11) is 0. The number of thiophene rings is 1. The van der Waals surface area contributed by atoms with Crippen LogP contribution in [0.15, 0.2) is 55.0 Å². The summed E-state index contributed by atoms with van der Waals surface area (Å²) in [6, 6.07) is 11.8. The van der Waals surface area contributed by atoms with Gasteiger partial charge in [0.05, 0.1) is 12.4 Å². The molecule has 0 saturated heterocycles. The van der Waals surface area contributed by atoms with E-state index in [9.17, 15) is 9.59 Å². The van der Waals surface area contributed by atoms with Crippen LogP contribution in [0.5, 0.6) is 0 Å². The van der Waals surface area contributed by atoms with Crippen molar-refractivity contribution in [3.8, 4) is 0 Å². The van der Waals surface area contributed by atoms with Gasteiger partial charge in [-0.1, -0.05) is 30.3 Å². The molecule has 3 aromatic rings. The lowest BCUT2D eigenvalue weighted by molar-refractivity contribution is -0.129. The molecule has 2 atom stereocenters. The normalized spacial score (nSPS) is 12.8. The highest BCUT2D eigenvalue weighted by Crippen LogP contribution is 2.19. The Morgan fingerprint density at radius 1 is 1.03 bits per heavy atom. The van der Waals surface area contributed by atoms with Crippen LogP contribution in [0.4, 0.5) is 0 Å². The summed E-state index contributed by atoms with van der Waals surface area (Å²) >= 11 is 1.77. The number of aromatic nitrogens is 2. The van der Waals surface area contributed by atoms with Gasteiger partial charge in [0.2, 0.25) is 11.8 Å². The fourth-order valence-electron chi connectivity index (χ4n) is 3.47. The molecule has 2 heterocycles. The van der Waals surface area contributed by atoms with Crippen LogP contribution >= 0.6 is 11.3 Å². The zero-order valence-electron chi connectivity index (χ0n) is 18.6. The van der Waals surface area contributed by atoms with Gasteiger partial charge in [-0.3, -0.25) is 9.59 Å². The number of aryl methyl sites for hydroxylation is 1. The molecular formula is C24H32N6O2S. The maximum Gasteiger partial charge on any atom is 0.247 e. The Bertz CT molecular complexity index is 990. The first-order valence-electron chi connectivity index (χ1n) is 11.2. The van der Waals surface area contributed by atoms with E-state index < -0.39 is 18.0 Å². The average Bonchev–Trinajstić information content (AvgIpc) is 3.50. The fraction of sp³-hybridized carbons (Fsp3) is 0.375. The number of rotatable bonds is 13. The van der Waals surface area contributed by atoms with E-state index in [0.717, 1.165) is 37.9 Å². The number of unbranched alkanes of at least 4 members (excludes halogenated alkanes) is 1. The minimum absolute atomic E-state index is 0.261. The first kappa shape index (κ1) is 24.6. The molecule has 2 aromatic heterocycles.